The fourth-order valence-electron chi connectivity index (χ4n) is 1.01. The van der Waals surface area contributed by atoms with Gasteiger partial charge >= 0.3 is 5.69 Å². The van der Waals surface area contributed by atoms with Gasteiger partial charge in [-0.25, -0.2) is 4.79 Å². The van der Waals surface area contributed by atoms with Crippen LogP contribution in [0.4, 0.5) is 0 Å². The van der Waals surface area contributed by atoms with Crippen molar-refractivity contribution in [2.45, 2.75) is 6.92 Å². The molecular weight excluding hydrogens is 146 g/mol. The summed E-state index contributed by atoms with van der Waals surface area (Å²) in [4.78, 5) is 24.0. The lowest BCUT2D eigenvalue weighted by molar-refractivity contribution is 0.0991. The van der Waals surface area contributed by atoms with Crippen molar-refractivity contribution in [3.05, 3.63) is 21.9 Å². The molecule has 0 atom stereocenters. The van der Waals surface area contributed by atoms with Crippen LogP contribution < -0.4 is 11.4 Å². The predicted molar refractivity (Wildman–Crippen MR) is 39.3 cm³/mol. The van der Waals surface area contributed by atoms with Crippen molar-refractivity contribution in [1.29, 1.82) is 0 Å². The molecular formula is C6H9N3O2. The third kappa shape index (κ3) is 1.04. The first-order valence-electron chi connectivity index (χ1n) is 3.09. The maximum Gasteiger partial charge on any atom is 0.326 e. The molecule has 0 saturated heterocycles. The van der Waals surface area contributed by atoms with Gasteiger partial charge < -0.3 is 10.7 Å². The summed E-state index contributed by atoms with van der Waals surface area (Å²) >= 11 is 0. The number of nitrogens with zero attached hydrogens (tertiary/aromatic N) is 1. The number of H-pyrrole nitrogens is 1. The lowest BCUT2D eigenvalue weighted by atomic mass is 10.3. The third-order valence-electron chi connectivity index (χ3n) is 1.52. The van der Waals surface area contributed by atoms with E-state index in [-0.39, 0.29) is 11.4 Å². The van der Waals surface area contributed by atoms with Crippen LogP contribution in [0.25, 0.3) is 0 Å². The van der Waals surface area contributed by atoms with Gasteiger partial charge in [0.1, 0.15) is 5.69 Å². The molecule has 0 radical (unpaired) electrons. The number of hydrogen-bond acceptors (Lipinski definition) is 2. The normalized spacial score (nSPS) is 10.0. The summed E-state index contributed by atoms with van der Waals surface area (Å²) in [6, 6.07) is 0. The van der Waals surface area contributed by atoms with Crippen molar-refractivity contribution in [3.63, 3.8) is 0 Å². The van der Waals surface area contributed by atoms with Crippen molar-refractivity contribution >= 4 is 5.91 Å². The maximum atomic E-state index is 10.9. The van der Waals surface area contributed by atoms with Crippen LogP contribution in [0.15, 0.2) is 4.79 Å². The molecule has 1 amide bonds. The van der Waals surface area contributed by atoms with E-state index in [2.05, 4.69) is 4.98 Å². The average Bonchev–Trinajstić information content (AvgIpc) is 2.07. The first-order chi connectivity index (χ1) is 5.04. The fourth-order valence-corrected chi connectivity index (χ4v) is 1.01. The van der Waals surface area contributed by atoms with Gasteiger partial charge in [-0.2, -0.15) is 0 Å². The number of hydrogen-bond donors (Lipinski definition) is 2. The Morgan fingerprint density at radius 3 is 2.36 bits per heavy atom. The second-order valence-corrected chi connectivity index (χ2v) is 2.33. The molecule has 0 aliphatic rings. The van der Waals surface area contributed by atoms with Crippen molar-refractivity contribution in [2.75, 3.05) is 0 Å². The van der Waals surface area contributed by atoms with E-state index in [0.717, 1.165) is 0 Å². The number of carbonyl (C=O) groups excluding carboxylic acids is 1. The maximum absolute atomic E-state index is 10.9. The zero-order valence-corrected chi connectivity index (χ0v) is 6.34. The van der Waals surface area contributed by atoms with E-state index >= 15 is 0 Å². The molecule has 0 unspecified atom stereocenters. The van der Waals surface area contributed by atoms with Gasteiger partial charge in [0, 0.05) is 12.7 Å². The van der Waals surface area contributed by atoms with Crippen LogP contribution in [0, 0.1) is 6.92 Å². The van der Waals surface area contributed by atoms with E-state index in [1.54, 1.807) is 6.92 Å². The van der Waals surface area contributed by atoms with Crippen molar-refractivity contribution in [1.82, 2.24) is 9.55 Å². The highest BCUT2D eigenvalue weighted by Crippen LogP contribution is 1.98. The molecule has 0 aliphatic carbocycles. The summed E-state index contributed by atoms with van der Waals surface area (Å²) in [7, 11) is 1.49. The van der Waals surface area contributed by atoms with Crippen LogP contribution in [0.1, 0.15) is 16.2 Å². The number of nitrogens with two attached hydrogens (primary N) is 1. The van der Waals surface area contributed by atoms with Gasteiger partial charge in [-0.05, 0) is 6.92 Å². The minimum Gasteiger partial charge on any atom is -0.364 e. The Morgan fingerprint density at radius 1 is 1.64 bits per heavy atom. The highest BCUT2D eigenvalue weighted by Gasteiger charge is 2.11. The SMILES string of the molecule is Cc1[nH]c(=O)n(C)c1C(N)=O. The van der Waals surface area contributed by atoms with Crippen molar-refractivity contribution < 1.29 is 4.79 Å². The molecule has 1 heterocycles. The lowest BCUT2D eigenvalue weighted by Crippen LogP contribution is -2.21. The molecule has 11 heavy (non-hydrogen) atoms. The van der Waals surface area contributed by atoms with Gasteiger partial charge in [-0.3, -0.25) is 9.36 Å². The topological polar surface area (TPSA) is 80.9 Å². The summed E-state index contributed by atoms with van der Waals surface area (Å²) in [6.45, 7) is 1.63. The largest absolute Gasteiger partial charge is 0.364 e. The predicted octanol–water partition coefficient (Wildman–Crippen LogP) is -0.879. The fraction of sp³-hybridized carbons (Fsp3) is 0.333. The molecule has 0 spiro atoms. The summed E-state index contributed by atoms with van der Waals surface area (Å²) < 4.78 is 1.19. The van der Waals surface area contributed by atoms with Gasteiger partial charge in [0.15, 0.2) is 0 Å². The molecule has 0 aromatic carbocycles. The van der Waals surface area contributed by atoms with E-state index < -0.39 is 5.91 Å². The molecule has 0 saturated carbocycles. The number of imidazole rings is 1. The molecule has 3 N–H and O–H groups in total. The summed E-state index contributed by atoms with van der Waals surface area (Å²) in [5.74, 6) is -0.594. The monoisotopic (exact) mass is 155 g/mol. The standard InChI is InChI=1S/C6H9N3O2/c1-3-4(5(7)10)9(2)6(11)8-3/h1-2H3,(H2,7,10)(H,8,11). The molecule has 60 valence electrons. The zero-order chi connectivity index (χ0) is 8.59. The van der Waals surface area contributed by atoms with Gasteiger partial charge in [0.2, 0.25) is 0 Å². The van der Waals surface area contributed by atoms with E-state index in [4.69, 9.17) is 5.73 Å². The van der Waals surface area contributed by atoms with Crippen LogP contribution in [0.2, 0.25) is 0 Å². The minimum atomic E-state index is -0.594. The number of amides is 1. The summed E-state index contributed by atoms with van der Waals surface area (Å²) in [5, 5.41) is 0. The number of primary amides is 1. The van der Waals surface area contributed by atoms with Gasteiger partial charge in [-0.15, -0.1) is 0 Å². The second-order valence-electron chi connectivity index (χ2n) is 2.33. The Kier molecular flexibility index (Phi) is 1.56. The quantitative estimate of drug-likeness (QED) is 0.552. The minimum absolute atomic E-state index is 0.231. The lowest BCUT2D eigenvalue weighted by Gasteiger charge is -1.94. The Hall–Kier alpha value is -1.52. The smallest absolute Gasteiger partial charge is 0.326 e. The van der Waals surface area contributed by atoms with Crippen LogP contribution >= 0.6 is 0 Å². The van der Waals surface area contributed by atoms with Crippen molar-refractivity contribution in [3.8, 4) is 0 Å². The number of nitrogens with one attached hydrogen (secondary N) is 1. The molecule has 1 aromatic heterocycles. The van der Waals surface area contributed by atoms with Crippen LogP contribution in [-0.2, 0) is 7.05 Å². The van der Waals surface area contributed by atoms with E-state index in [1.807, 2.05) is 0 Å². The average molecular weight is 155 g/mol. The van der Waals surface area contributed by atoms with Crippen LogP contribution in [0.5, 0.6) is 0 Å². The third-order valence-corrected chi connectivity index (χ3v) is 1.52. The number of carbonyl (C=O) groups is 1. The van der Waals surface area contributed by atoms with Crippen LogP contribution in [-0.4, -0.2) is 15.5 Å². The van der Waals surface area contributed by atoms with E-state index in [9.17, 15) is 9.59 Å². The van der Waals surface area contributed by atoms with Gasteiger partial charge in [-0.1, -0.05) is 0 Å². The Balaban J connectivity index is 3.46. The highest BCUT2D eigenvalue weighted by molar-refractivity contribution is 5.92. The summed E-state index contributed by atoms with van der Waals surface area (Å²) in [5.41, 5.74) is 5.42. The Bertz CT molecular complexity index is 347. The van der Waals surface area contributed by atoms with Crippen molar-refractivity contribution in [2.24, 2.45) is 12.8 Å². The molecule has 0 bridgehead atoms. The Morgan fingerprint density at radius 2 is 2.18 bits per heavy atom. The molecule has 1 aromatic rings. The summed E-state index contributed by atoms with van der Waals surface area (Å²) in [6.07, 6.45) is 0. The first-order valence-corrected chi connectivity index (χ1v) is 3.09. The molecule has 5 heteroatoms. The van der Waals surface area contributed by atoms with Gasteiger partial charge in [0.25, 0.3) is 5.91 Å². The molecule has 0 fully saturated rings. The molecule has 1 rings (SSSR count). The second kappa shape index (κ2) is 2.26. The number of aromatic nitrogens is 2. The van der Waals surface area contributed by atoms with E-state index in [1.165, 1.54) is 11.6 Å². The van der Waals surface area contributed by atoms with E-state index in [0.29, 0.717) is 5.69 Å². The number of aryl methyl sites for hydroxylation is 1. The number of rotatable bonds is 1. The highest BCUT2D eigenvalue weighted by atomic mass is 16.2. The zero-order valence-electron chi connectivity index (χ0n) is 6.34. The first kappa shape index (κ1) is 7.59. The van der Waals surface area contributed by atoms with Gasteiger partial charge in [0.05, 0.1) is 0 Å². The number of aromatic amines is 1. The van der Waals surface area contributed by atoms with Crippen LogP contribution in [0.3, 0.4) is 0 Å². The molecule has 5 nitrogen and oxygen atoms in total. The molecule has 0 aliphatic heterocycles. The Labute approximate surface area is 62.8 Å².